The van der Waals surface area contributed by atoms with Crippen LogP contribution in [0.4, 0.5) is 0 Å². The molecule has 2 unspecified atom stereocenters. The minimum Gasteiger partial charge on any atom is -0.496 e. The van der Waals surface area contributed by atoms with Gasteiger partial charge < -0.3 is 19.5 Å². The van der Waals surface area contributed by atoms with E-state index >= 15 is 0 Å². The maximum Gasteiger partial charge on any atom is 0.236 e. The molecule has 0 saturated carbocycles. The normalized spacial score (nSPS) is 22.6. The van der Waals surface area contributed by atoms with Gasteiger partial charge in [-0.25, -0.2) is 13.1 Å². The predicted octanol–water partition coefficient (Wildman–Crippen LogP) is 2.08. The Balaban J connectivity index is 1.85. The third-order valence-electron chi connectivity index (χ3n) is 5.45. The molecule has 3 rings (SSSR count). The monoisotopic (exact) mass is 486 g/mol. The van der Waals surface area contributed by atoms with Gasteiger partial charge in [-0.2, -0.15) is 0 Å². The number of methoxy groups -OCH3 is 2. The van der Waals surface area contributed by atoms with Crippen LogP contribution in [0.2, 0.25) is 5.02 Å². The lowest BCUT2D eigenvalue weighted by Crippen LogP contribution is -2.55. The van der Waals surface area contributed by atoms with E-state index in [1.54, 1.807) is 20.8 Å². The van der Waals surface area contributed by atoms with Crippen LogP contribution in [0, 0.1) is 5.92 Å². The average molecular weight is 487 g/mol. The fourth-order valence-electron chi connectivity index (χ4n) is 4.02. The van der Waals surface area contributed by atoms with Crippen molar-refractivity contribution in [1.29, 1.82) is 0 Å². The number of sulfonamides is 1. The van der Waals surface area contributed by atoms with Crippen molar-refractivity contribution in [3.8, 4) is 17.2 Å². The Bertz CT molecular complexity index is 1080. The molecule has 32 heavy (non-hydrogen) atoms. The molecule has 1 aromatic rings. The highest BCUT2D eigenvalue weighted by Crippen LogP contribution is 2.52. The van der Waals surface area contributed by atoms with Gasteiger partial charge in [-0.3, -0.25) is 9.59 Å². The van der Waals surface area contributed by atoms with E-state index < -0.39 is 33.1 Å². The van der Waals surface area contributed by atoms with E-state index in [4.69, 9.17) is 25.8 Å². The molecule has 0 amide bonds. The number of fused-ring (bicyclic) bond motifs is 1. The number of ketones is 2. The number of ether oxygens (including phenoxy) is 3. The molecule has 9 nitrogen and oxygen atoms in total. The molecule has 176 valence electrons. The fourth-order valence-corrected chi connectivity index (χ4v) is 5.49. The van der Waals surface area contributed by atoms with Crippen LogP contribution in [0.3, 0.4) is 0 Å². The lowest BCUT2D eigenvalue weighted by atomic mass is 9.74. The van der Waals surface area contributed by atoms with E-state index in [0.29, 0.717) is 12.1 Å². The van der Waals surface area contributed by atoms with Gasteiger partial charge in [0.2, 0.25) is 27.2 Å². The van der Waals surface area contributed by atoms with Crippen LogP contribution in [0.1, 0.15) is 37.6 Å². The molecule has 2 aliphatic rings. The summed E-state index contributed by atoms with van der Waals surface area (Å²) < 4.78 is 43.0. The number of hydrogen-bond acceptors (Lipinski definition) is 8. The Morgan fingerprint density at radius 2 is 1.91 bits per heavy atom. The summed E-state index contributed by atoms with van der Waals surface area (Å²) in [5.74, 6) is -1.23. The smallest absolute Gasteiger partial charge is 0.236 e. The molecule has 1 aliphatic heterocycles. The third kappa shape index (κ3) is 4.18. The third-order valence-corrected chi connectivity index (χ3v) is 7.38. The number of carbonyl (C=O) groups excluding carboxylic acids is 2. The standard InChI is InChI=1S/C21H27ClN2O7S/c1-11(2)24-32(27,28)7-6-23-13-8-12(3)21(16(25)9-13)20(26)17-14(29-4)10-15(30-5)18(22)19(17)31-21/h9-12,23-24H,6-8H2,1-5H3. The lowest BCUT2D eigenvalue weighted by Gasteiger charge is -2.35. The molecule has 0 fully saturated rings. The van der Waals surface area contributed by atoms with Crippen LogP contribution in [-0.4, -0.2) is 58.1 Å². The maximum absolute atomic E-state index is 13.4. The Hall–Kier alpha value is -2.30. The number of rotatable bonds is 8. The van der Waals surface area contributed by atoms with Crippen molar-refractivity contribution < 1.29 is 32.2 Å². The first-order chi connectivity index (χ1) is 15.0. The van der Waals surface area contributed by atoms with Crippen molar-refractivity contribution in [2.75, 3.05) is 26.5 Å². The van der Waals surface area contributed by atoms with Crippen molar-refractivity contribution in [3.05, 3.63) is 28.4 Å². The van der Waals surface area contributed by atoms with Crippen LogP contribution in [0.5, 0.6) is 17.2 Å². The molecule has 0 bridgehead atoms. The van der Waals surface area contributed by atoms with Crippen molar-refractivity contribution in [3.63, 3.8) is 0 Å². The number of benzene rings is 1. The van der Waals surface area contributed by atoms with Crippen LogP contribution in [-0.2, 0) is 14.8 Å². The molecule has 11 heteroatoms. The average Bonchev–Trinajstić information content (AvgIpc) is 3.01. The minimum absolute atomic E-state index is 0.0590. The summed E-state index contributed by atoms with van der Waals surface area (Å²) in [7, 11) is -0.616. The van der Waals surface area contributed by atoms with Gasteiger partial charge in [-0.15, -0.1) is 0 Å². The molecule has 0 saturated heterocycles. The summed E-state index contributed by atoms with van der Waals surface area (Å²) in [5, 5.41) is 3.08. The second-order valence-corrected chi connectivity index (χ2v) is 10.4. The van der Waals surface area contributed by atoms with Crippen molar-refractivity contribution in [2.24, 2.45) is 5.92 Å². The molecular weight excluding hydrogens is 460 g/mol. The first-order valence-corrected chi connectivity index (χ1v) is 12.2. The van der Waals surface area contributed by atoms with Crippen LogP contribution >= 0.6 is 11.6 Å². The molecule has 0 radical (unpaired) electrons. The molecule has 1 aliphatic carbocycles. The van der Waals surface area contributed by atoms with Gasteiger partial charge >= 0.3 is 0 Å². The first-order valence-electron chi connectivity index (χ1n) is 10.1. The number of nitrogens with one attached hydrogen (secondary N) is 2. The van der Waals surface area contributed by atoms with Gasteiger partial charge in [0.15, 0.2) is 5.75 Å². The van der Waals surface area contributed by atoms with Gasteiger partial charge in [-0.05, 0) is 20.3 Å². The number of Topliss-reactive ketones (excluding diaryl/α,β-unsaturated/α-hetero) is 1. The zero-order valence-electron chi connectivity index (χ0n) is 18.6. The molecule has 1 spiro atoms. The van der Waals surface area contributed by atoms with Gasteiger partial charge in [0, 0.05) is 36.3 Å². The predicted molar refractivity (Wildman–Crippen MR) is 119 cm³/mol. The van der Waals surface area contributed by atoms with Gasteiger partial charge in [0.05, 0.1) is 20.0 Å². The van der Waals surface area contributed by atoms with Crippen molar-refractivity contribution in [2.45, 2.75) is 38.8 Å². The maximum atomic E-state index is 13.4. The Morgan fingerprint density at radius 3 is 2.47 bits per heavy atom. The Morgan fingerprint density at radius 1 is 1.25 bits per heavy atom. The second-order valence-electron chi connectivity index (χ2n) is 8.12. The number of halogens is 1. The highest BCUT2D eigenvalue weighted by molar-refractivity contribution is 7.89. The van der Waals surface area contributed by atoms with E-state index in [1.807, 2.05) is 0 Å². The molecular formula is C21H27ClN2O7S. The highest BCUT2D eigenvalue weighted by atomic mass is 35.5. The topological polar surface area (TPSA) is 120 Å². The van der Waals surface area contributed by atoms with Crippen LogP contribution in [0.15, 0.2) is 17.8 Å². The number of carbonyl (C=O) groups is 2. The molecule has 2 atom stereocenters. The number of allylic oxidation sites excluding steroid dienone is 1. The largest absolute Gasteiger partial charge is 0.496 e. The summed E-state index contributed by atoms with van der Waals surface area (Å²) in [4.78, 5) is 26.6. The zero-order chi connectivity index (χ0) is 23.8. The number of hydrogen-bond donors (Lipinski definition) is 2. The molecule has 0 aromatic heterocycles. The SMILES string of the molecule is COc1cc(OC)c2c(c1Cl)OC1(C(=O)C=C(NCCS(=O)(=O)NC(C)C)CC1C)C2=O. The van der Waals surface area contributed by atoms with Crippen LogP contribution in [0.25, 0.3) is 0 Å². The van der Waals surface area contributed by atoms with E-state index in [9.17, 15) is 18.0 Å². The fraction of sp³-hybridized carbons (Fsp3) is 0.524. The summed E-state index contributed by atoms with van der Waals surface area (Å²) in [6, 6.07) is 1.28. The minimum atomic E-state index is -3.44. The van der Waals surface area contributed by atoms with E-state index in [0.717, 1.165) is 0 Å². The molecule has 1 aromatic carbocycles. The van der Waals surface area contributed by atoms with Gasteiger partial charge in [0.1, 0.15) is 22.1 Å². The summed E-state index contributed by atoms with van der Waals surface area (Å²) >= 11 is 6.36. The molecule has 2 N–H and O–H groups in total. The van der Waals surface area contributed by atoms with Crippen molar-refractivity contribution in [1.82, 2.24) is 10.0 Å². The van der Waals surface area contributed by atoms with Crippen molar-refractivity contribution >= 4 is 33.2 Å². The van der Waals surface area contributed by atoms with E-state index in [2.05, 4.69) is 10.0 Å². The summed E-state index contributed by atoms with van der Waals surface area (Å²) in [6.45, 7) is 5.32. The quantitative estimate of drug-likeness (QED) is 0.536. The summed E-state index contributed by atoms with van der Waals surface area (Å²) in [5.41, 5.74) is -1.12. The van der Waals surface area contributed by atoms with Gasteiger partial charge in [0.25, 0.3) is 0 Å². The van der Waals surface area contributed by atoms with Gasteiger partial charge in [-0.1, -0.05) is 18.5 Å². The summed E-state index contributed by atoms with van der Waals surface area (Å²) in [6.07, 6.45) is 1.60. The highest BCUT2D eigenvalue weighted by Gasteiger charge is 2.60. The zero-order valence-corrected chi connectivity index (χ0v) is 20.1. The lowest BCUT2D eigenvalue weighted by molar-refractivity contribution is -0.129. The van der Waals surface area contributed by atoms with E-state index in [-0.39, 0.29) is 46.2 Å². The van der Waals surface area contributed by atoms with Crippen LogP contribution < -0.4 is 24.2 Å². The van der Waals surface area contributed by atoms with E-state index in [1.165, 1.54) is 26.4 Å². The Kier molecular flexibility index (Phi) is 6.78. The second kappa shape index (κ2) is 8.92. The molecule has 1 heterocycles. The first kappa shape index (κ1) is 24.3. The Labute approximate surface area is 192 Å².